The molecule has 0 aromatic heterocycles. The van der Waals surface area contributed by atoms with Crippen LogP contribution >= 0.6 is 0 Å². The highest BCUT2D eigenvalue weighted by molar-refractivity contribution is 5.51. The fourth-order valence-electron chi connectivity index (χ4n) is 6.78. The quantitative estimate of drug-likeness (QED) is 0.310. The molecule has 224 valence electrons. The third-order valence-electron chi connectivity index (χ3n) is 10.2. The molecule has 1 aliphatic heterocycles. The van der Waals surface area contributed by atoms with Gasteiger partial charge in [0.1, 0.15) is 11.5 Å². The minimum atomic E-state index is 0.356. The molecule has 3 rings (SSSR count). The molecule has 1 aliphatic rings. The van der Waals surface area contributed by atoms with E-state index in [0.29, 0.717) is 47.3 Å². The molecule has 0 spiro atoms. The van der Waals surface area contributed by atoms with E-state index in [1.165, 1.54) is 22.3 Å². The van der Waals surface area contributed by atoms with Crippen LogP contribution in [0.2, 0.25) is 0 Å². The van der Waals surface area contributed by atoms with Crippen LogP contribution in [0.25, 0.3) is 0 Å². The van der Waals surface area contributed by atoms with E-state index in [1.807, 2.05) is 0 Å². The average molecular weight is 551 g/mol. The highest BCUT2D eigenvalue weighted by Gasteiger charge is 2.37. The molecule has 1 saturated heterocycles. The van der Waals surface area contributed by atoms with Gasteiger partial charge in [-0.25, -0.2) is 0 Å². The first-order valence-corrected chi connectivity index (χ1v) is 15.8. The number of piperazine rings is 1. The van der Waals surface area contributed by atoms with Gasteiger partial charge in [0.05, 0.1) is 0 Å². The molecule has 2 aromatic rings. The van der Waals surface area contributed by atoms with Crippen LogP contribution in [-0.2, 0) is 13.1 Å². The maximum Gasteiger partial charge on any atom is 0.122 e. The second-order valence-electron chi connectivity index (χ2n) is 13.6. The Bertz CT molecular complexity index is 1080. The number of hydrogen-bond acceptors (Lipinski definition) is 4. The summed E-state index contributed by atoms with van der Waals surface area (Å²) >= 11 is 0. The van der Waals surface area contributed by atoms with Gasteiger partial charge in [-0.3, -0.25) is 9.80 Å². The number of phenolic OH excluding ortho intramolecular Hbond substituents is 2. The van der Waals surface area contributed by atoms with Crippen molar-refractivity contribution in [2.75, 3.05) is 13.1 Å². The largest absolute Gasteiger partial charge is 0.507 e. The zero-order valence-electron chi connectivity index (χ0n) is 27.7. The van der Waals surface area contributed by atoms with Crippen molar-refractivity contribution in [3.05, 3.63) is 56.6 Å². The van der Waals surface area contributed by atoms with Crippen molar-refractivity contribution in [1.82, 2.24) is 9.80 Å². The normalized spacial score (nSPS) is 20.4. The number of aromatic hydroxyl groups is 2. The molecule has 0 bridgehead atoms. The predicted molar refractivity (Wildman–Crippen MR) is 171 cm³/mol. The second-order valence-corrected chi connectivity index (χ2v) is 13.6. The van der Waals surface area contributed by atoms with Crippen molar-refractivity contribution in [3.63, 3.8) is 0 Å². The lowest BCUT2D eigenvalue weighted by atomic mass is 9.87. The molecule has 1 fully saturated rings. The zero-order valence-corrected chi connectivity index (χ0v) is 27.7. The summed E-state index contributed by atoms with van der Waals surface area (Å²) in [6.07, 6.45) is 2.05. The Morgan fingerprint density at radius 2 is 0.975 bits per heavy atom. The van der Waals surface area contributed by atoms with Crippen LogP contribution in [0.1, 0.15) is 125 Å². The van der Waals surface area contributed by atoms with Crippen molar-refractivity contribution in [2.24, 2.45) is 11.8 Å². The Hall–Kier alpha value is -2.04. The van der Waals surface area contributed by atoms with E-state index in [9.17, 15) is 10.2 Å². The van der Waals surface area contributed by atoms with Gasteiger partial charge in [0.25, 0.3) is 0 Å². The molecular weight excluding hydrogens is 492 g/mol. The summed E-state index contributed by atoms with van der Waals surface area (Å²) < 4.78 is 0. The van der Waals surface area contributed by atoms with Crippen molar-refractivity contribution in [3.8, 4) is 11.5 Å². The third kappa shape index (κ3) is 6.54. The van der Waals surface area contributed by atoms with Gasteiger partial charge in [-0.15, -0.1) is 0 Å². The molecule has 40 heavy (non-hydrogen) atoms. The fourth-order valence-corrected chi connectivity index (χ4v) is 6.78. The van der Waals surface area contributed by atoms with E-state index in [-0.39, 0.29) is 0 Å². The smallest absolute Gasteiger partial charge is 0.122 e. The molecule has 0 saturated carbocycles. The molecule has 4 heteroatoms. The number of hydrogen-bond donors (Lipinski definition) is 2. The molecule has 0 amide bonds. The zero-order chi connectivity index (χ0) is 30.0. The van der Waals surface area contributed by atoms with E-state index < -0.39 is 0 Å². The Morgan fingerprint density at radius 1 is 0.650 bits per heavy atom. The van der Waals surface area contributed by atoms with Crippen molar-refractivity contribution >= 4 is 0 Å². The summed E-state index contributed by atoms with van der Waals surface area (Å²) in [7, 11) is 0. The van der Waals surface area contributed by atoms with Gasteiger partial charge in [0.2, 0.25) is 0 Å². The lowest BCUT2D eigenvalue weighted by molar-refractivity contribution is -0.0168. The van der Waals surface area contributed by atoms with Crippen LogP contribution in [0.4, 0.5) is 0 Å². The van der Waals surface area contributed by atoms with Crippen molar-refractivity contribution in [1.29, 1.82) is 0 Å². The minimum Gasteiger partial charge on any atom is -0.507 e. The Morgan fingerprint density at radius 3 is 1.25 bits per heavy atom. The molecule has 0 aliphatic carbocycles. The van der Waals surface area contributed by atoms with Gasteiger partial charge in [0, 0.05) is 38.3 Å². The molecule has 4 nitrogen and oxygen atoms in total. The van der Waals surface area contributed by atoms with Gasteiger partial charge >= 0.3 is 0 Å². The summed E-state index contributed by atoms with van der Waals surface area (Å²) in [5, 5.41) is 22.3. The second kappa shape index (κ2) is 13.3. The molecule has 2 aromatic carbocycles. The van der Waals surface area contributed by atoms with Crippen molar-refractivity contribution in [2.45, 2.75) is 133 Å². The van der Waals surface area contributed by atoms with Crippen LogP contribution in [0.15, 0.2) is 12.1 Å². The van der Waals surface area contributed by atoms with E-state index in [1.54, 1.807) is 0 Å². The van der Waals surface area contributed by atoms with Gasteiger partial charge < -0.3 is 10.2 Å². The number of aryl methyl sites for hydroxylation is 2. The Labute approximate surface area is 245 Å². The first-order valence-electron chi connectivity index (χ1n) is 15.8. The van der Waals surface area contributed by atoms with Crippen LogP contribution in [0.3, 0.4) is 0 Å². The fraction of sp³-hybridized carbons (Fsp3) is 0.667. The van der Waals surface area contributed by atoms with Crippen LogP contribution < -0.4 is 0 Å². The lowest BCUT2D eigenvalue weighted by Gasteiger charge is -2.50. The minimum absolute atomic E-state index is 0.356. The highest BCUT2D eigenvalue weighted by atomic mass is 16.3. The summed E-state index contributed by atoms with van der Waals surface area (Å²) in [4.78, 5) is 5.37. The van der Waals surface area contributed by atoms with Crippen LogP contribution in [0.5, 0.6) is 11.5 Å². The van der Waals surface area contributed by atoms with E-state index >= 15 is 0 Å². The van der Waals surface area contributed by atoms with Gasteiger partial charge in [0.15, 0.2) is 0 Å². The number of phenols is 2. The SMILES string of the molecule is CCC(C)c1cc(C)c(CN2CC(C(C)C)N(Cc3c(C)cc(C(C)CC)c(O)c3C)CC2C(C)C)c(C)c1O. The predicted octanol–water partition coefficient (Wildman–Crippen LogP) is 8.73. The molecule has 4 unspecified atom stereocenters. The highest BCUT2D eigenvalue weighted by Crippen LogP contribution is 2.38. The third-order valence-corrected chi connectivity index (χ3v) is 10.2. The first kappa shape index (κ1) is 32.5. The van der Waals surface area contributed by atoms with E-state index in [0.717, 1.165) is 61.3 Å². The molecule has 4 atom stereocenters. The average Bonchev–Trinajstić information content (AvgIpc) is 2.91. The van der Waals surface area contributed by atoms with Gasteiger partial charge in [-0.2, -0.15) is 0 Å². The first-order chi connectivity index (χ1) is 18.7. The Balaban J connectivity index is 1.95. The summed E-state index contributed by atoms with van der Waals surface area (Å²) in [5.41, 5.74) is 9.40. The molecule has 2 N–H and O–H groups in total. The maximum atomic E-state index is 11.2. The standard InChI is InChI=1S/C36H58N2O2/c1-13-23(7)29-15-25(9)31(27(11)35(29)39)17-37-19-34(22(5)6)38(20-33(37)21(3)4)18-32-26(10)16-30(24(8)14-2)36(40)28(32)12/h15-16,21-24,33-34,39-40H,13-14,17-20H2,1-12H3. The van der Waals surface area contributed by atoms with Crippen molar-refractivity contribution < 1.29 is 10.2 Å². The summed E-state index contributed by atoms with van der Waals surface area (Å²) in [6.45, 7) is 30.5. The summed E-state index contributed by atoms with van der Waals surface area (Å²) in [5.74, 6) is 2.70. The maximum absolute atomic E-state index is 11.2. The molecular formula is C36H58N2O2. The molecule has 0 radical (unpaired) electrons. The van der Waals surface area contributed by atoms with E-state index in [4.69, 9.17) is 0 Å². The number of nitrogens with zero attached hydrogens (tertiary/aromatic N) is 2. The Kier molecular flexibility index (Phi) is 10.8. The van der Waals surface area contributed by atoms with Gasteiger partial charge in [-0.1, -0.05) is 67.5 Å². The number of benzene rings is 2. The number of rotatable bonds is 10. The van der Waals surface area contributed by atoms with Crippen LogP contribution in [-0.4, -0.2) is 45.2 Å². The molecule has 1 heterocycles. The topological polar surface area (TPSA) is 46.9 Å². The summed E-state index contributed by atoms with van der Waals surface area (Å²) in [6, 6.07) is 5.29. The van der Waals surface area contributed by atoms with E-state index in [2.05, 4.69) is 105 Å². The van der Waals surface area contributed by atoms with Gasteiger partial charge in [-0.05, 0) is 109 Å². The van der Waals surface area contributed by atoms with Crippen LogP contribution in [0, 0.1) is 39.5 Å². The lowest BCUT2D eigenvalue weighted by Crippen LogP contribution is -2.60. The monoisotopic (exact) mass is 550 g/mol.